The number of anilines is 1. The molecule has 0 bridgehead atoms. The van der Waals surface area contributed by atoms with Crippen molar-refractivity contribution in [1.29, 1.82) is 0 Å². The van der Waals surface area contributed by atoms with E-state index >= 15 is 0 Å². The molecule has 1 amide bonds. The number of benzene rings is 2. The lowest BCUT2D eigenvalue weighted by Gasteiger charge is -2.18. The van der Waals surface area contributed by atoms with Crippen molar-refractivity contribution in [2.45, 2.75) is 25.4 Å². The van der Waals surface area contributed by atoms with Crippen LogP contribution in [-0.2, 0) is 16.1 Å². The van der Waals surface area contributed by atoms with Crippen molar-refractivity contribution in [1.82, 2.24) is 0 Å². The van der Waals surface area contributed by atoms with E-state index in [1.54, 1.807) is 18.2 Å². The summed E-state index contributed by atoms with van der Waals surface area (Å²) in [7, 11) is 6.00. The molecule has 2 aromatic rings. The number of carbonyl (C=O) groups is 1. The summed E-state index contributed by atoms with van der Waals surface area (Å²) in [6.07, 6.45) is 1.60. The van der Waals surface area contributed by atoms with Gasteiger partial charge in [-0.15, -0.1) is 0 Å². The fourth-order valence-corrected chi connectivity index (χ4v) is 3.44. The summed E-state index contributed by atoms with van der Waals surface area (Å²) in [6, 6.07) is 11.0. The Morgan fingerprint density at radius 3 is 3.04 bits per heavy atom. The lowest BCUT2D eigenvalue weighted by molar-refractivity contribution is -0.116. The summed E-state index contributed by atoms with van der Waals surface area (Å²) in [6.45, 7) is 0.364. The van der Waals surface area contributed by atoms with Gasteiger partial charge in [-0.1, -0.05) is 34.4 Å². The normalized spacial score (nSPS) is 18.6. The Bertz CT molecular complexity index is 880. The van der Waals surface area contributed by atoms with Crippen LogP contribution in [0.15, 0.2) is 41.6 Å². The molecule has 2 aliphatic rings. The summed E-state index contributed by atoms with van der Waals surface area (Å²) in [5, 5.41) is 7.54. The number of rotatable bonds is 4. The van der Waals surface area contributed by atoms with E-state index in [9.17, 15) is 4.79 Å². The van der Waals surface area contributed by atoms with Gasteiger partial charge in [0.15, 0.2) is 6.10 Å². The summed E-state index contributed by atoms with van der Waals surface area (Å²) in [5.74, 6) is 0.795. The third-order valence-electron chi connectivity index (χ3n) is 4.48. The first-order valence-corrected chi connectivity index (χ1v) is 8.80. The number of ether oxygens (including phenoxy) is 1. The third-order valence-corrected chi connectivity index (χ3v) is 4.79. The van der Waals surface area contributed by atoms with Crippen LogP contribution in [0, 0.1) is 0 Å². The molecular weight excluding hydrogens is 350 g/mol. The Morgan fingerprint density at radius 1 is 1.31 bits per heavy atom. The van der Waals surface area contributed by atoms with Crippen LogP contribution in [0.5, 0.6) is 5.75 Å². The Morgan fingerprint density at radius 2 is 2.19 bits per heavy atom. The summed E-state index contributed by atoms with van der Waals surface area (Å²) < 4.78 is 5.85. The molecule has 7 heteroatoms. The number of hydrogen-bond acceptors (Lipinski definition) is 4. The van der Waals surface area contributed by atoms with Crippen LogP contribution in [0.1, 0.15) is 24.0 Å². The van der Waals surface area contributed by atoms with Crippen molar-refractivity contribution in [3.05, 3.63) is 52.5 Å². The molecule has 1 unspecified atom stereocenters. The van der Waals surface area contributed by atoms with Gasteiger partial charge in [-0.25, -0.2) is 0 Å². The number of aryl methyl sites for hydroxylation is 1. The van der Waals surface area contributed by atoms with Crippen molar-refractivity contribution in [3.63, 3.8) is 0 Å². The van der Waals surface area contributed by atoms with Gasteiger partial charge in [-0.3, -0.25) is 4.79 Å². The second-order valence-corrected chi connectivity index (χ2v) is 6.76. The molecule has 1 N–H and O–H groups in total. The van der Waals surface area contributed by atoms with Crippen LogP contribution >= 0.6 is 11.6 Å². The molecular formula is C19H16BClN2O3. The van der Waals surface area contributed by atoms with E-state index < -0.39 is 0 Å². The lowest BCUT2D eigenvalue weighted by Crippen LogP contribution is -2.21. The van der Waals surface area contributed by atoms with Gasteiger partial charge in [0.1, 0.15) is 20.2 Å². The number of nitrogens with zero attached hydrogens (tertiary/aromatic N) is 1. The Kier molecular flexibility index (Phi) is 4.59. The van der Waals surface area contributed by atoms with E-state index in [0.717, 1.165) is 34.7 Å². The number of fused-ring (bicyclic) bond motifs is 1. The summed E-state index contributed by atoms with van der Waals surface area (Å²) in [4.78, 5) is 16.9. The highest BCUT2D eigenvalue weighted by molar-refractivity contribution is 6.42. The quantitative estimate of drug-likeness (QED) is 0.846. The smallest absolute Gasteiger partial charge is 0.224 e. The molecule has 4 rings (SSSR count). The molecule has 2 aromatic carbocycles. The number of carbonyl (C=O) groups excluding carboxylic acids is 1. The molecule has 1 atom stereocenters. The number of hydrogen-bond donors (Lipinski definition) is 1. The van der Waals surface area contributed by atoms with Gasteiger partial charge in [0.2, 0.25) is 5.91 Å². The SMILES string of the molecule is [B]c1cccc(Cl)c1C1=NOC(COc2ccc3c(c2)CCC(=O)N3)C1. The van der Waals surface area contributed by atoms with Gasteiger partial charge in [0, 0.05) is 29.1 Å². The van der Waals surface area contributed by atoms with Crippen LogP contribution in [0.2, 0.25) is 5.02 Å². The maximum Gasteiger partial charge on any atom is 0.224 e. The highest BCUT2D eigenvalue weighted by Crippen LogP contribution is 2.27. The largest absolute Gasteiger partial charge is 0.490 e. The predicted molar refractivity (Wildman–Crippen MR) is 102 cm³/mol. The van der Waals surface area contributed by atoms with Crippen molar-refractivity contribution >= 4 is 42.2 Å². The van der Waals surface area contributed by atoms with E-state index in [0.29, 0.717) is 29.9 Å². The van der Waals surface area contributed by atoms with E-state index in [1.807, 2.05) is 18.2 Å². The molecule has 26 heavy (non-hydrogen) atoms. The van der Waals surface area contributed by atoms with Gasteiger partial charge < -0.3 is 14.9 Å². The number of amides is 1. The first kappa shape index (κ1) is 17.0. The average Bonchev–Trinajstić information content (AvgIpc) is 3.08. The molecule has 0 fully saturated rings. The minimum atomic E-state index is -0.198. The molecule has 0 spiro atoms. The van der Waals surface area contributed by atoms with Crippen molar-refractivity contribution in [3.8, 4) is 5.75 Å². The molecule has 130 valence electrons. The van der Waals surface area contributed by atoms with E-state index in [2.05, 4.69) is 10.5 Å². The van der Waals surface area contributed by atoms with Crippen LogP contribution in [0.25, 0.3) is 0 Å². The second-order valence-electron chi connectivity index (χ2n) is 6.35. The molecule has 0 saturated heterocycles. The minimum Gasteiger partial charge on any atom is -0.490 e. The summed E-state index contributed by atoms with van der Waals surface area (Å²) in [5.41, 5.74) is 3.97. The Hall–Kier alpha value is -2.47. The predicted octanol–water partition coefficient (Wildman–Crippen LogP) is 2.59. The first-order chi connectivity index (χ1) is 12.6. The lowest BCUT2D eigenvalue weighted by atomic mass is 9.87. The minimum absolute atomic E-state index is 0.0500. The topological polar surface area (TPSA) is 59.9 Å². The molecule has 0 aliphatic carbocycles. The average molecular weight is 367 g/mol. The highest BCUT2D eigenvalue weighted by Gasteiger charge is 2.25. The van der Waals surface area contributed by atoms with E-state index in [4.69, 9.17) is 29.0 Å². The Labute approximate surface area is 157 Å². The maximum atomic E-state index is 11.4. The standard InChI is InChI=1S/C19H16BClN2O3/c20-14-2-1-3-15(21)19(14)17-9-13(26-23-17)10-25-12-5-6-16-11(8-12)4-7-18(24)22-16/h1-3,5-6,8,13H,4,7,9-10H2,(H,22,24). The van der Waals surface area contributed by atoms with Crippen LogP contribution in [0.4, 0.5) is 5.69 Å². The van der Waals surface area contributed by atoms with Crippen molar-refractivity contribution in [2.75, 3.05) is 11.9 Å². The van der Waals surface area contributed by atoms with Gasteiger partial charge in [0.25, 0.3) is 0 Å². The van der Waals surface area contributed by atoms with Gasteiger partial charge in [-0.05, 0) is 36.2 Å². The van der Waals surface area contributed by atoms with Crippen molar-refractivity contribution < 1.29 is 14.4 Å². The van der Waals surface area contributed by atoms with E-state index in [-0.39, 0.29) is 12.0 Å². The van der Waals surface area contributed by atoms with Gasteiger partial charge >= 0.3 is 0 Å². The van der Waals surface area contributed by atoms with Crippen molar-refractivity contribution in [2.24, 2.45) is 5.16 Å². The number of halogens is 1. The second kappa shape index (κ2) is 7.04. The monoisotopic (exact) mass is 366 g/mol. The molecule has 2 heterocycles. The van der Waals surface area contributed by atoms with Crippen LogP contribution in [-0.4, -0.2) is 32.2 Å². The zero-order chi connectivity index (χ0) is 18.1. The highest BCUT2D eigenvalue weighted by atomic mass is 35.5. The molecule has 2 aliphatic heterocycles. The van der Waals surface area contributed by atoms with Crippen LogP contribution < -0.4 is 15.5 Å². The zero-order valence-electron chi connectivity index (χ0n) is 14.0. The Balaban J connectivity index is 1.38. The summed E-state index contributed by atoms with van der Waals surface area (Å²) >= 11 is 6.23. The number of nitrogens with one attached hydrogen (secondary N) is 1. The van der Waals surface area contributed by atoms with E-state index in [1.165, 1.54) is 0 Å². The van der Waals surface area contributed by atoms with Gasteiger partial charge in [0.05, 0.1) is 5.71 Å². The molecule has 5 nitrogen and oxygen atoms in total. The third kappa shape index (κ3) is 3.42. The maximum absolute atomic E-state index is 11.4. The van der Waals surface area contributed by atoms with Gasteiger partial charge in [-0.2, -0.15) is 0 Å². The number of oxime groups is 1. The fraction of sp³-hybridized carbons (Fsp3) is 0.263. The molecule has 2 radical (unpaired) electrons. The fourth-order valence-electron chi connectivity index (χ4n) is 3.15. The first-order valence-electron chi connectivity index (χ1n) is 8.43. The zero-order valence-corrected chi connectivity index (χ0v) is 14.8. The molecule has 0 saturated carbocycles. The van der Waals surface area contributed by atoms with Crippen LogP contribution in [0.3, 0.4) is 0 Å². The molecule has 0 aromatic heterocycles.